The van der Waals surface area contributed by atoms with Crippen LogP contribution in [0.1, 0.15) is 27.8 Å². The third kappa shape index (κ3) is 5.15. The van der Waals surface area contributed by atoms with Gasteiger partial charge in [-0.1, -0.05) is 30.3 Å². The van der Waals surface area contributed by atoms with Crippen LogP contribution in [-0.4, -0.2) is 25.2 Å². The van der Waals surface area contributed by atoms with Crippen molar-refractivity contribution < 1.29 is 26.3 Å². The lowest BCUT2D eigenvalue weighted by atomic mass is 10.0. The van der Waals surface area contributed by atoms with E-state index < -0.39 is 23.5 Å². The lowest BCUT2D eigenvalue weighted by Gasteiger charge is -2.15. The number of halogens is 6. The van der Waals surface area contributed by atoms with Crippen LogP contribution in [0.3, 0.4) is 0 Å². The number of pyridine rings is 1. The fourth-order valence-electron chi connectivity index (χ4n) is 4.17. The molecule has 0 saturated carbocycles. The lowest BCUT2D eigenvalue weighted by molar-refractivity contribution is -0.138. The second-order valence-electron chi connectivity index (χ2n) is 8.67. The van der Waals surface area contributed by atoms with Gasteiger partial charge in [0.1, 0.15) is 0 Å². The Morgan fingerprint density at radius 1 is 0.763 bits per heavy atom. The van der Waals surface area contributed by atoms with Crippen LogP contribution in [-0.2, 0) is 25.3 Å². The molecular formula is C26H17F6N5O. The van der Waals surface area contributed by atoms with E-state index in [-0.39, 0.29) is 29.8 Å². The molecule has 1 N–H and O–H groups in total. The van der Waals surface area contributed by atoms with Gasteiger partial charge in [0.25, 0.3) is 0 Å². The number of nitrogens with one attached hydrogen (secondary N) is 1. The number of hydrogen-bond donors (Lipinski definition) is 1. The zero-order valence-electron chi connectivity index (χ0n) is 19.3. The molecule has 5 rings (SSSR count). The van der Waals surface area contributed by atoms with Gasteiger partial charge in [0.05, 0.1) is 22.2 Å². The van der Waals surface area contributed by atoms with Gasteiger partial charge in [-0.25, -0.2) is 5.10 Å². The van der Waals surface area contributed by atoms with Crippen LogP contribution in [0.5, 0.6) is 0 Å². The van der Waals surface area contributed by atoms with Crippen molar-refractivity contribution in [3.05, 3.63) is 111 Å². The number of aromatic amines is 1. The molecule has 0 bridgehead atoms. The predicted octanol–water partition coefficient (Wildman–Crippen LogP) is 5.86. The van der Waals surface area contributed by atoms with Crippen LogP contribution >= 0.6 is 0 Å². The molecule has 0 unspecified atom stereocenters. The van der Waals surface area contributed by atoms with Gasteiger partial charge in [0, 0.05) is 18.1 Å². The number of alkyl halides is 6. The monoisotopic (exact) mass is 529 g/mol. The van der Waals surface area contributed by atoms with Gasteiger partial charge in [-0.05, 0) is 69.9 Å². The molecule has 38 heavy (non-hydrogen) atoms. The first kappa shape index (κ1) is 25.2. The van der Waals surface area contributed by atoms with Gasteiger partial charge in [0.15, 0.2) is 11.3 Å². The molecule has 194 valence electrons. The van der Waals surface area contributed by atoms with Crippen LogP contribution in [0.25, 0.3) is 22.3 Å². The zero-order chi connectivity index (χ0) is 27.1. The van der Waals surface area contributed by atoms with E-state index in [0.29, 0.717) is 27.6 Å². The van der Waals surface area contributed by atoms with E-state index in [1.807, 2.05) is 0 Å². The van der Waals surface area contributed by atoms with E-state index in [0.717, 1.165) is 24.3 Å². The molecule has 6 nitrogen and oxygen atoms in total. The van der Waals surface area contributed by atoms with Gasteiger partial charge in [-0.15, -0.1) is 5.10 Å². The highest BCUT2D eigenvalue weighted by Crippen LogP contribution is 2.31. The Hall–Kier alpha value is -4.48. The smallest absolute Gasteiger partial charge is 0.342 e. The summed E-state index contributed by atoms with van der Waals surface area (Å²) in [5.41, 5.74) is 0.642. The van der Waals surface area contributed by atoms with E-state index in [4.69, 9.17) is 0 Å². The van der Waals surface area contributed by atoms with Gasteiger partial charge in [0.2, 0.25) is 0 Å². The van der Waals surface area contributed by atoms with Crippen molar-refractivity contribution >= 4 is 10.9 Å². The number of hydrogen-bond acceptors (Lipinski definition) is 4. The van der Waals surface area contributed by atoms with Crippen LogP contribution in [0.2, 0.25) is 0 Å². The molecule has 0 atom stereocenters. The SMILES string of the molecule is O=c1c(-c2nnn[nH]2)cn(Cc2ccc(C(F)(F)F)cc2)c2ccc(Cc3ccc(C(F)(F)F)cc3)cc12. The van der Waals surface area contributed by atoms with E-state index >= 15 is 0 Å². The predicted molar refractivity (Wildman–Crippen MR) is 126 cm³/mol. The minimum Gasteiger partial charge on any atom is -0.342 e. The molecule has 0 amide bonds. The van der Waals surface area contributed by atoms with Crippen LogP contribution in [0, 0.1) is 0 Å². The van der Waals surface area contributed by atoms with Crippen molar-refractivity contribution in [1.29, 1.82) is 0 Å². The summed E-state index contributed by atoms with van der Waals surface area (Å²) in [7, 11) is 0. The first-order valence-electron chi connectivity index (χ1n) is 11.2. The average molecular weight is 529 g/mol. The number of benzene rings is 3. The van der Waals surface area contributed by atoms with Crippen molar-refractivity contribution in [2.45, 2.75) is 25.3 Å². The highest BCUT2D eigenvalue weighted by Gasteiger charge is 2.30. The minimum absolute atomic E-state index is 0.117. The van der Waals surface area contributed by atoms with Gasteiger partial charge in [-0.3, -0.25) is 4.79 Å². The van der Waals surface area contributed by atoms with Crippen molar-refractivity contribution in [2.75, 3.05) is 0 Å². The third-order valence-electron chi connectivity index (χ3n) is 6.07. The van der Waals surface area contributed by atoms with Crippen molar-refractivity contribution in [3.63, 3.8) is 0 Å². The number of aromatic nitrogens is 5. The van der Waals surface area contributed by atoms with Crippen molar-refractivity contribution in [3.8, 4) is 11.4 Å². The minimum atomic E-state index is -4.46. The molecule has 0 saturated heterocycles. The Bertz CT molecular complexity index is 1640. The first-order valence-corrected chi connectivity index (χ1v) is 11.2. The Morgan fingerprint density at radius 2 is 1.34 bits per heavy atom. The van der Waals surface area contributed by atoms with Gasteiger partial charge in [-0.2, -0.15) is 26.3 Å². The molecule has 0 aliphatic heterocycles. The van der Waals surface area contributed by atoms with Gasteiger partial charge < -0.3 is 4.57 Å². The Morgan fingerprint density at radius 3 is 1.89 bits per heavy atom. The molecule has 0 radical (unpaired) electrons. The normalized spacial score (nSPS) is 12.3. The molecule has 0 fully saturated rings. The summed E-state index contributed by atoms with van der Waals surface area (Å²) in [5, 5.41) is 13.7. The fraction of sp³-hybridized carbons (Fsp3) is 0.154. The summed E-state index contributed by atoms with van der Waals surface area (Å²) in [6.07, 6.45) is -7.09. The third-order valence-corrected chi connectivity index (χ3v) is 6.07. The highest BCUT2D eigenvalue weighted by atomic mass is 19.4. The number of fused-ring (bicyclic) bond motifs is 1. The second-order valence-corrected chi connectivity index (χ2v) is 8.67. The zero-order valence-corrected chi connectivity index (χ0v) is 19.3. The molecule has 5 aromatic rings. The summed E-state index contributed by atoms with van der Waals surface area (Å²) in [4.78, 5) is 13.4. The molecule has 12 heteroatoms. The number of rotatable bonds is 5. The van der Waals surface area contributed by atoms with Crippen LogP contribution < -0.4 is 5.43 Å². The Labute approximate surface area is 210 Å². The summed E-state index contributed by atoms with van der Waals surface area (Å²) < 4.78 is 79.2. The fourth-order valence-corrected chi connectivity index (χ4v) is 4.17. The van der Waals surface area contributed by atoms with Crippen molar-refractivity contribution in [1.82, 2.24) is 25.2 Å². The van der Waals surface area contributed by atoms with E-state index in [2.05, 4.69) is 20.6 Å². The number of H-pyrrole nitrogens is 1. The number of nitrogens with zero attached hydrogens (tertiary/aromatic N) is 4. The van der Waals surface area contributed by atoms with Crippen molar-refractivity contribution in [2.24, 2.45) is 0 Å². The molecule has 3 aromatic carbocycles. The summed E-state index contributed by atoms with van der Waals surface area (Å²) in [6, 6.07) is 14.6. The molecular weight excluding hydrogens is 512 g/mol. The average Bonchev–Trinajstić information content (AvgIpc) is 3.40. The molecule has 2 heterocycles. The van der Waals surface area contributed by atoms with E-state index in [1.165, 1.54) is 30.5 Å². The highest BCUT2D eigenvalue weighted by molar-refractivity contribution is 5.83. The van der Waals surface area contributed by atoms with Gasteiger partial charge >= 0.3 is 12.4 Å². The maximum absolute atomic E-state index is 13.4. The molecule has 0 aliphatic carbocycles. The molecule has 0 aliphatic rings. The topological polar surface area (TPSA) is 76.5 Å². The standard InChI is InChI=1S/C26H17F6N5O/c27-25(28,29)18-6-1-15(2-7-18)11-17-5-10-22-20(12-17)23(38)21(24-33-35-36-34-24)14-37(22)13-16-3-8-19(9-4-16)26(30,31)32/h1-10,12,14H,11,13H2,(H,33,34,35,36). The lowest BCUT2D eigenvalue weighted by Crippen LogP contribution is -2.14. The molecule has 0 spiro atoms. The maximum atomic E-state index is 13.4. The quantitative estimate of drug-likeness (QED) is 0.290. The number of tetrazole rings is 1. The van der Waals surface area contributed by atoms with Crippen LogP contribution in [0.15, 0.2) is 77.7 Å². The second kappa shape index (κ2) is 9.43. The molecule has 2 aromatic heterocycles. The summed E-state index contributed by atoms with van der Waals surface area (Å²) in [6.45, 7) is 0.154. The summed E-state index contributed by atoms with van der Waals surface area (Å²) >= 11 is 0. The van der Waals surface area contributed by atoms with E-state index in [1.54, 1.807) is 22.8 Å². The largest absolute Gasteiger partial charge is 0.416 e. The maximum Gasteiger partial charge on any atom is 0.416 e. The summed E-state index contributed by atoms with van der Waals surface area (Å²) in [5.74, 6) is 0.117. The Balaban J connectivity index is 1.55. The Kier molecular flexibility index (Phi) is 6.25. The first-order chi connectivity index (χ1) is 18.0. The van der Waals surface area contributed by atoms with E-state index in [9.17, 15) is 31.1 Å². The van der Waals surface area contributed by atoms with Crippen LogP contribution in [0.4, 0.5) is 26.3 Å².